The molecule has 0 fully saturated rings. The van der Waals surface area contributed by atoms with Gasteiger partial charge in [0.2, 0.25) is 0 Å². The molecule has 0 aliphatic heterocycles. The average molecular weight is 193 g/mol. The number of rotatable bonds is 2. The van der Waals surface area contributed by atoms with Crippen molar-refractivity contribution in [3.05, 3.63) is 12.1 Å². The Kier molecular flexibility index (Phi) is 2.14. The van der Waals surface area contributed by atoms with Gasteiger partial charge in [-0.05, 0) is 12.1 Å². The maximum Gasteiger partial charge on any atom is 0.262 e. The zero-order chi connectivity index (χ0) is 8.48. The van der Waals surface area contributed by atoms with Gasteiger partial charge in [0.25, 0.3) is 10.0 Å². The van der Waals surface area contributed by atoms with Crippen LogP contribution < -0.4 is 16.4 Å². The van der Waals surface area contributed by atoms with Gasteiger partial charge < -0.3 is 5.73 Å². The predicted molar refractivity (Wildman–Crippen MR) is 43.2 cm³/mol. The van der Waals surface area contributed by atoms with Crippen LogP contribution in [0.4, 0.5) is 5.00 Å². The summed E-state index contributed by atoms with van der Waals surface area (Å²) in [5.74, 6) is 4.78. The topological polar surface area (TPSA) is 98.2 Å². The Morgan fingerprint density at radius 2 is 2.09 bits per heavy atom. The highest BCUT2D eigenvalue weighted by Gasteiger charge is 2.13. The van der Waals surface area contributed by atoms with Crippen molar-refractivity contribution in [2.75, 3.05) is 5.73 Å². The fourth-order valence-electron chi connectivity index (χ4n) is 0.537. The fourth-order valence-corrected chi connectivity index (χ4v) is 2.28. The van der Waals surface area contributed by atoms with Gasteiger partial charge in [-0.1, -0.05) is 0 Å². The molecule has 0 saturated heterocycles. The first-order valence-electron chi connectivity index (χ1n) is 2.64. The van der Waals surface area contributed by atoms with Crippen molar-refractivity contribution < 1.29 is 8.42 Å². The van der Waals surface area contributed by atoms with E-state index in [0.717, 1.165) is 11.3 Å². The highest BCUT2D eigenvalue weighted by atomic mass is 32.2. The highest BCUT2D eigenvalue weighted by Crippen LogP contribution is 2.22. The molecule has 0 spiro atoms. The molecule has 1 aromatic heterocycles. The normalized spacial score (nSPS) is 11.7. The quantitative estimate of drug-likeness (QED) is 0.435. The second-order valence-corrected chi connectivity index (χ2v) is 4.83. The Morgan fingerprint density at radius 1 is 1.45 bits per heavy atom. The van der Waals surface area contributed by atoms with Crippen LogP contribution >= 0.6 is 11.3 Å². The molecule has 7 heteroatoms. The van der Waals surface area contributed by atoms with E-state index in [0.29, 0.717) is 5.00 Å². The second kappa shape index (κ2) is 2.78. The molecule has 0 radical (unpaired) electrons. The zero-order valence-corrected chi connectivity index (χ0v) is 7.08. The predicted octanol–water partition coefficient (Wildman–Crippen LogP) is -0.518. The molecular formula is C4H7N3O2S2. The molecule has 11 heavy (non-hydrogen) atoms. The summed E-state index contributed by atoms with van der Waals surface area (Å²) in [6, 6.07) is 2.91. The van der Waals surface area contributed by atoms with E-state index in [1.807, 2.05) is 0 Å². The van der Waals surface area contributed by atoms with Crippen molar-refractivity contribution in [3.63, 3.8) is 0 Å². The lowest BCUT2D eigenvalue weighted by Gasteiger charge is -1.95. The summed E-state index contributed by atoms with van der Waals surface area (Å²) in [5, 5.41) is 0.443. The molecular weight excluding hydrogens is 186 g/mol. The first-order chi connectivity index (χ1) is 5.06. The summed E-state index contributed by atoms with van der Waals surface area (Å²) in [4.78, 5) is 1.70. The molecule has 0 aliphatic rings. The van der Waals surface area contributed by atoms with Gasteiger partial charge in [-0.25, -0.2) is 8.42 Å². The van der Waals surface area contributed by atoms with Crippen LogP contribution in [0.5, 0.6) is 0 Å². The molecule has 1 rings (SSSR count). The van der Waals surface area contributed by atoms with E-state index in [2.05, 4.69) is 0 Å². The lowest BCUT2D eigenvalue weighted by molar-refractivity contribution is 0.586. The summed E-state index contributed by atoms with van der Waals surface area (Å²) in [6.07, 6.45) is 0. The molecule has 0 aromatic carbocycles. The molecule has 0 unspecified atom stereocenters. The number of nitrogens with one attached hydrogen (secondary N) is 1. The summed E-state index contributed by atoms with van der Waals surface area (Å²) in [7, 11) is -3.51. The van der Waals surface area contributed by atoms with Gasteiger partial charge in [-0.15, -0.1) is 16.2 Å². The number of hydrogen-bond donors (Lipinski definition) is 3. The van der Waals surface area contributed by atoms with Crippen LogP contribution in [-0.2, 0) is 10.0 Å². The van der Waals surface area contributed by atoms with E-state index < -0.39 is 10.0 Å². The Labute approximate surface area is 68.0 Å². The largest absolute Gasteiger partial charge is 0.391 e. The maximum atomic E-state index is 10.9. The smallest absolute Gasteiger partial charge is 0.262 e. The minimum atomic E-state index is -3.51. The molecule has 0 aliphatic carbocycles. The molecule has 1 heterocycles. The van der Waals surface area contributed by atoms with Gasteiger partial charge in [-0.3, -0.25) is 5.84 Å². The minimum absolute atomic E-state index is 0.123. The van der Waals surface area contributed by atoms with Crippen LogP contribution in [0.1, 0.15) is 0 Å². The van der Waals surface area contributed by atoms with E-state index in [1.54, 1.807) is 4.83 Å². The third-order valence-corrected chi connectivity index (χ3v) is 3.62. The monoisotopic (exact) mass is 193 g/mol. The third-order valence-electron chi connectivity index (χ3n) is 1.02. The Hall–Kier alpha value is -0.630. The summed E-state index contributed by atoms with van der Waals surface area (Å²) in [5.41, 5.74) is 5.32. The Morgan fingerprint density at radius 3 is 2.45 bits per heavy atom. The number of nitrogen functional groups attached to an aromatic ring is 1. The Balaban J connectivity index is 3.13. The van der Waals surface area contributed by atoms with Crippen LogP contribution in [-0.4, -0.2) is 8.42 Å². The molecule has 0 amide bonds. The van der Waals surface area contributed by atoms with Crippen molar-refractivity contribution in [1.82, 2.24) is 4.83 Å². The first-order valence-corrected chi connectivity index (χ1v) is 4.94. The molecule has 5 nitrogen and oxygen atoms in total. The summed E-state index contributed by atoms with van der Waals surface area (Å²) < 4.78 is 22.0. The zero-order valence-electron chi connectivity index (χ0n) is 5.44. The molecule has 0 saturated carbocycles. The molecule has 0 bridgehead atoms. The fraction of sp³-hybridized carbons (Fsp3) is 0. The van der Waals surface area contributed by atoms with E-state index in [1.165, 1.54) is 12.1 Å². The van der Waals surface area contributed by atoms with Gasteiger partial charge >= 0.3 is 0 Å². The number of sulfonamides is 1. The molecule has 1 aromatic rings. The highest BCUT2D eigenvalue weighted by molar-refractivity contribution is 7.91. The van der Waals surface area contributed by atoms with Gasteiger partial charge in [0, 0.05) is 0 Å². The van der Waals surface area contributed by atoms with Crippen LogP contribution in [0.2, 0.25) is 0 Å². The number of hydrazine groups is 1. The van der Waals surface area contributed by atoms with Gasteiger partial charge in [0.15, 0.2) is 0 Å². The number of nitrogens with two attached hydrogens (primary N) is 2. The van der Waals surface area contributed by atoms with Crippen molar-refractivity contribution >= 4 is 26.4 Å². The Bertz CT molecular complexity index is 342. The standard InChI is InChI=1S/C4H7N3O2S2/c5-3-1-2-4(10-3)11(8,9)7-6/h1-2,7H,5-6H2. The van der Waals surface area contributed by atoms with Crippen LogP contribution in [0, 0.1) is 0 Å². The van der Waals surface area contributed by atoms with E-state index in [9.17, 15) is 8.42 Å². The number of thiophene rings is 1. The molecule has 62 valence electrons. The van der Waals surface area contributed by atoms with Crippen LogP contribution in [0.25, 0.3) is 0 Å². The summed E-state index contributed by atoms with van der Waals surface area (Å²) >= 11 is 0.967. The SMILES string of the molecule is NNS(=O)(=O)c1ccc(N)s1. The van der Waals surface area contributed by atoms with Crippen molar-refractivity contribution in [3.8, 4) is 0 Å². The minimum Gasteiger partial charge on any atom is -0.391 e. The third kappa shape index (κ3) is 1.69. The van der Waals surface area contributed by atoms with Gasteiger partial charge in [-0.2, -0.15) is 0 Å². The average Bonchev–Trinajstić information content (AvgIpc) is 2.36. The van der Waals surface area contributed by atoms with Crippen LogP contribution in [0.15, 0.2) is 16.3 Å². The molecule has 0 atom stereocenters. The van der Waals surface area contributed by atoms with E-state index in [4.69, 9.17) is 11.6 Å². The first kappa shape index (κ1) is 8.47. The number of hydrogen-bond acceptors (Lipinski definition) is 5. The number of anilines is 1. The lowest BCUT2D eigenvalue weighted by Crippen LogP contribution is -2.29. The van der Waals surface area contributed by atoms with E-state index >= 15 is 0 Å². The molecule has 5 N–H and O–H groups in total. The van der Waals surface area contributed by atoms with Gasteiger partial charge in [0.05, 0.1) is 5.00 Å². The van der Waals surface area contributed by atoms with Crippen LogP contribution in [0.3, 0.4) is 0 Å². The van der Waals surface area contributed by atoms with Crippen molar-refractivity contribution in [1.29, 1.82) is 0 Å². The van der Waals surface area contributed by atoms with E-state index in [-0.39, 0.29) is 4.21 Å². The lowest BCUT2D eigenvalue weighted by atomic mass is 10.6. The summed E-state index contributed by atoms with van der Waals surface area (Å²) in [6.45, 7) is 0. The van der Waals surface area contributed by atoms with Crippen molar-refractivity contribution in [2.45, 2.75) is 4.21 Å². The second-order valence-electron chi connectivity index (χ2n) is 1.78. The van der Waals surface area contributed by atoms with Crippen molar-refractivity contribution in [2.24, 2.45) is 5.84 Å². The van der Waals surface area contributed by atoms with Gasteiger partial charge in [0.1, 0.15) is 4.21 Å². The maximum absolute atomic E-state index is 10.9.